The predicted molar refractivity (Wildman–Crippen MR) is 97.1 cm³/mol. The number of hydrogen-bond donors (Lipinski definition) is 1. The summed E-state index contributed by atoms with van der Waals surface area (Å²) in [5, 5.41) is 3.04. The number of fused-ring (bicyclic) bond motifs is 1. The number of benzene rings is 2. The number of piperazine rings is 1. The van der Waals surface area contributed by atoms with E-state index < -0.39 is 0 Å². The van der Waals surface area contributed by atoms with E-state index in [1.54, 1.807) is 0 Å². The largest absolute Gasteiger partial charge is 0.376 e. The summed E-state index contributed by atoms with van der Waals surface area (Å²) in [6, 6.07) is 14.4. The van der Waals surface area contributed by atoms with Crippen molar-refractivity contribution in [3.63, 3.8) is 0 Å². The van der Waals surface area contributed by atoms with E-state index in [0.29, 0.717) is 13.2 Å². The van der Waals surface area contributed by atoms with Crippen LogP contribution in [-0.4, -0.2) is 30.5 Å². The van der Waals surface area contributed by atoms with Crippen molar-refractivity contribution in [1.29, 1.82) is 0 Å². The molecular formula is C21H24N2O2. The molecule has 1 amide bonds. The molecule has 0 aliphatic carbocycles. The summed E-state index contributed by atoms with van der Waals surface area (Å²) in [6.07, 6.45) is 0.959. The Hall–Kier alpha value is -2.17. The van der Waals surface area contributed by atoms with E-state index in [1.807, 2.05) is 12.1 Å². The van der Waals surface area contributed by atoms with Gasteiger partial charge in [-0.2, -0.15) is 0 Å². The van der Waals surface area contributed by atoms with Crippen LogP contribution in [0.4, 0.5) is 0 Å². The van der Waals surface area contributed by atoms with Gasteiger partial charge in [0.05, 0.1) is 13.2 Å². The highest BCUT2D eigenvalue weighted by Gasteiger charge is 2.32. The summed E-state index contributed by atoms with van der Waals surface area (Å²) in [6.45, 7) is 5.94. The van der Waals surface area contributed by atoms with Gasteiger partial charge in [0.1, 0.15) is 6.04 Å². The van der Waals surface area contributed by atoms with Crippen molar-refractivity contribution in [2.24, 2.45) is 0 Å². The third-order valence-electron chi connectivity index (χ3n) is 5.29. The van der Waals surface area contributed by atoms with Crippen LogP contribution in [0.15, 0.2) is 42.5 Å². The summed E-state index contributed by atoms with van der Waals surface area (Å²) in [5.41, 5.74) is 6.29. The van der Waals surface area contributed by atoms with E-state index >= 15 is 0 Å². The van der Waals surface area contributed by atoms with Crippen LogP contribution < -0.4 is 5.32 Å². The number of ether oxygens (including phenoxy) is 1. The molecule has 1 saturated heterocycles. The summed E-state index contributed by atoms with van der Waals surface area (Å²) in [4.78, 5) is 15.0. The molecule has 4 nitrogen and oxygen atoms in total. The van der Waals surface area contributed by atoms with Gasteiger partial charge in [0.15, 0.2) is 0 Å². The molecule has 2 aliphatic rings. The standard InChI is InChI=1S/C21H24N2O2/c1-15-5-2-3-8-18(15)20-21(24)22-10-11-23(20)13-16-6-4-7-17-14-25-12-9-19(16)17/h2-8,20H,9-14H2,1H3,(H,22,24)/t20-/m0/s1. The van der Waals surface area contributed by atoms with Gasteiger partial charge in [-0.1, -0.05) is 42.5 Å². The average molecular weight is 336 g/mol. The topological polar surface area (TPSA) is 41.6 Å². The third kappa shape index (κ3) is 3.20. The molecule has 2 aromatic carbocycles. The van der Waals surface area contributed by atoms with Gasteiger partial charge in [-0.05, 0) is 41.2 Å². The Kier molecular flexibility index (Phi) is 4.55. The molecule has 0 spiro atoms. The molecule has 2 heterocycles. The van der Waals surface area contributed by atoms with Gasteiger partial charge < -0.3 is 10.1 Å². The second-order valence-electron chi connectivity index (χ2n) is 6.88. The Morgan fingerprint density at radius 1 is 1.20 bits per heavy atom. The average Bonchev–Trinajstić information content (AvgIpc) is 2.63. The number of aryl methyl sites for hydroxylation is 1. The first-order valence-electron chi connectivity index (χ1n) is 8.99. The Morgan fingerprint density at radius 2 is 2.08 bits per heavy atom. The normalized spacial score (nSPS) is 20.8. The Balaban J connectivity index is 1.66. The first kappa shape index (κ1) is 16.3. The first-order chi connectivity index (χ1) is 12.2. The number of nitrogens with one attached hydrogen (secondary N) is 1. The molecule has 4 rings (SSSR count). The highest BCUT2D eigenvalue weighted by molar-refractivity contribution is 5.84. The van der Waals surface area contributed by atoms with Crippen LogP contribution in [0.25, 0.3) is 0 Å². The van der Waals surface area contributed by atoms with E-state index in [0.717, 1.165) is 37.2 Å². The Labute approximate surface area is 148 Å². The molecule has 0 saturated carbocycles. The molecule has 1 fully saturated rings. The maximum Gasteiger partial charge on any atom is 0.242 e. The van der Waals surface area contributed by atoms with E-state index in [1.165, 1.54) is 16.7 Å². The van der Waals surface area contributed by atoms with Crippen molar-refractivity contribution < 1.29 is 9.53 Å². The fourth-order valence-electron chi connectivity index (χ4n) is 3.98. The van der Waals surface area contributed by atoms with E-state index in [2.05, 4.69) is 47.5 Å². The zero-order valence-corrected chi connectivity index (χ0v) is 14.6. The Bertz CT molecular complexity index is 787. The fourth-order valence-corrected chi connectivity index (χ4v) is 3.98. The number of carbonyl (C=O) groups excluding carboxylic acids is 1. The van der Waals surface area contributed by atoms with E-state index in [9.17, 15) is 4.79 Å². The van der Waals surface area contributed by atoms with Crippen LogP contribution in [-0.2, 0) is 29.1 Å². The highest BCUT2D eigenvalue weighted by Crippen LogP contribution is 2.29. The number of rotatable bonds is 3. The van der Waals surface area contributed by atoms with Crippen LogP contribution in [0.5, 0.6) is 0 Å². The van der Waals surface area contributed by atoms with Crippen LogP contribution in [0.3, 0.4) is 0 Å². The molecule has 1 N–H and O–H groups in total. The van der Waals surface area contributed by atoms with Crippen molar-refractivity contribution in [3.05, 3.63) is 70.3 Å². The number of amides is 1. The van der Waals surface area contributed by atoms with Gasteiger partial charge in [0.25, 0.3) is 0 Å². The third-order valence-corrected chi connectivity index (χ3v) is 5.29. The minimum Gasteiger partial charge on any atom is -0.376 e. The molecule has 0 radical (unpaired) electrons. The van der Waals surface area contributed by atoms with Crippen molar-refractivity contribution in [2.45, 2.75) is 32.5 Å². The quantitative estimate of drug-likeness (QED) is 0.937. The van der Waals surface area contributed by atoms with Crippen molar-refractivity contribution in [3.8, 4) is 0 Å². The zero-order valence-electron chi connectivity index (χ0n) is 14.6. The summed E-state index contributed by atoms with van der Waals surface area (Å²) >= 11 is 0. The predicted octanol–water partition coefficient (Wildman–Crippen LogP) is 2.74. The molecule has 0 bridgehead atoms. The number of nitrogens with zero attached hydrogens (tertiary/aromatic N) is 1. The summed E-state index contributed by atoms with van der Waals surface area (Å²) in [5.74, 6) is 0.105. The Morgan fingerprint density at radius 3 is 2.96 bits per heavy atom. The van der Waals surface area contributed by atoms with Crippen molar-refractivity contribution in [1.82, 2.24) is 10.2 Å². The van der Waals surface area contributed by atoms with E-state index in [-0.39, 0.29) is 11.9 Å². The van der Waals surface area contributed by atoms with Crippen LogP contribution in [0.1, 0.15) is 33.9 Å². The van der Waals surface area contributed by atoms with Gasteiger partial charge in [-0.25, -0.2) is 0 Å². The molecule has 1 atom stereocenters. The van der Waals surface area contributed by atoms with Crippen LogP contribution in [0.2, 0.25) is 0 Å². The molecular weight excluding hydrogens is 312 g/mol. The highest BCUT2D eigenvalue weighted by atomic mass is 16.5. The molecule has 4 heteroatoms. The number of hydrogen-bond acceptors (Lipinski definition) is 3. The lowest BCUT2D eigenvalue weighted by atomic mass is 9.94. The lowest BCUT2D eigenvalue weighted by molar-refractivity contribution is -0.129. The summed E-state index contributed by atoms with van der Waals surface area (Å²) in [7, 11) is 0. The van der Waals surface area contributed by atoms with Crippen LogP contribution >= 0.6 is 0 Å². The first-order valence-corrected chi connectivity index (χ1v) is 8.99. The van der Waals surface area contributed by atoms with Gasteiger partial charge in [-0.15, -0.1) is 0 Å². The molecule has 25 heavy (non-hydrogen) atoms. The second-order valence-corrected chi connectivity index (χ2v) is 6.88. The lowest BCUT2D eigenvalue weighted by Gasteiger charge is -2.36. The zero-order chi connectivity index (χ0) is 17.2. The maximum absolute atomic E-state index is 12.7. The maximum atomic E-state index is 12.7. The van der Waals surface area contributed by atoms with E-state index in [4.69, 9.17) is 4.74 Å². The van der Waals surface area contributed by atoms with Crippen LogP contribution in [0, 0.1) is 6.92 Å². The SMILES string of the molecule is Cc1ccccc1[C@H]1C(=O)NCCN1Cc1cccc2c1CCOC2. The summed E-state index contributed by atoms with van der Waals surface area (Å²) < 4.78 is 5.59. The smallest absolute Gasteiger partial charge is 0.242 e. The number of carbonyl (C=O) groups is 1. The van der Waals surface area contributed by atoms with Gasteiger partial charge in [0, 0.05) is 19.6 Å². The monoisotopic (exact) mass is 336 g/mol. The minimum absolute atomic E-state index is 0.105. The van der Waals surface area contributed by atoms with Gasteiger partial charge >= 0.3 is 0 Å². The fraction of sp³-hybridized carbons (Fsp3) is 0.381. The molecule has 0 aromatic heterocycles. The van der Waals surface area contributed by atoms with Gasteiger partial charge in [0.2, 0.25) is 5.91 Å². The van der Waals surface area contributed by atoms with Crippen molar-refractivity contribution >= 4 is 5.91 Å². The van der Waals surface area contributed by atoms with Gasteiger partial charge in [-0.3, -0.25) is 9.69 Å². The lowest BCUT2D eigenvalue weighted by Crippen LogP contribution is -2.49. The second kappa shape index (κ2) is 6.98. The molecule has 0 unspecified atom stereocenters. The molecule has 2 aromatic rings. The minimum atomic E-state index is -0.217. The molecule has 130 valence electrons. The molecule has 2 aliphatic heterocycles. The van der Waals surface area contributed by atoms with Crippen molar-refractivity contribution in [2.75, 3.05) is 19.7 Å².